The molecule has 7 aromatic carbocycles. The third-order valence-electron chi connectivity index (χ3n) is 9.37. The molecule has 5 heteroatoms. The van der Waals surface area contributed by atoms with E-state index in [1.807, 2.05) is 84.1 Å². The Kier molecular flexibility index (Phi) is 6.64. The van der Waals surface area contributed by atoms with Crippen molar-refractivity contribution in [1.82, 2.24) is 15.0 Å². The maximum atomic E-state index is 6.60. The number of hydrogen-bond acceptors (Lipinski definition) is 5. The molecule has 0 spiro atoms. The molecule has 10 aromatic rings. The van der Waals surface area contributed by atoms with E-state index in [4.69, 9.17) is 19.4 Å². The van der Waals surface area contributed by atoms with E-state index in [2.05, 4.69) is 91.0 Å². The summed E-state index contributed by atoms with van der Waals surface area (Å²) in [6.45, 7) is 0. The van der Waals surface area contributed by atoms with Gasteiger partial charge >= 0.3 is 0 Å². The molecular formula is C45H27N3OS. The molecule has 0 fully saturated rings. The third-order valence-corrected chi connectivity index (χ3v) is 10.5. The van der Waals surface area contributed by atoms with Gasteiger partial charge in [-0.3, -0.25) is 0 Å². The van der Waals surface area contributed by atoms with Crippen molar-refractivity contribution in [3.8, 4) is 56.4 Å². The van der Waals surface area contributed by atoms with Crippen LogP contribution in [-0.2, 0) is 0 Å². The first-order valence-electron chi connectivity index (χ1n) is 16.6. The van der Waals surface area contributed by atoms with Crippen LogP contribution in [0.4, 0.5) is 0 Å². The van der Waals surface area contributed by atoms with Crippen molar-refractivity contribution in [3.63, 3.8) is 0 Å². The lowest BCUT2D eigenvalue weighted by Crippen LogP contribution is -2.02. The lowest BCUT2D eigenvalue weighted by Gasteiger charge is -2.17. The van der Waals surface area contributed by atoms with Gasteiger partial charge in [-0.25, -0.2) is 15.0 Å². The Morgan fingerprint density at radius 2 is 0.960 bits per heavy atom. The summed E-state index contributed by atoms with van der Waals surface area (Å²) in [6, 6.07) is 56.7. The zero-order valence-electron chi connectivity index (χ0n) is 26.7. The van der Waals surface area contributed by atoms with E-state index in [0.717, 1.165) is 60.9 Å². The van der Waals surface area contributed by atoms with Crippen molar-refractivity contribution >= 4 is 53.4 Å². The molecule has 0 amide bonds. The van der Waals surface area contributed by atoms with E-state index < -0.39 is 0 Å². The van der Waals surface area contributed by atoms with Crippen LogP contribution in [0.25, 0.3) is 98.5 Å². The van der Waals surface area contributed by atoms with E-state index in [0.29, 0.717) is 17.5 Å². The minimum atomic E-state index is 0.604. The Morgan fingerprint density at radius 3 is 1.74 bits per heavy atom. The first-order valence-corrected chi connectivity index (χ1v) is 17.4. The molecule has 10 rings (SSSR count). The van der Waals surface area contributed by atoms with Gasteiger partial charge in [0.15, 0.2) is 17.5 Å². The van der Waals surface area contributed by atoms with Crippen molar-refractivity contribution < 1.29 is 4.42 Å². The fourth-order valence-corrected chi connectivity index (χ4v) is 8.18. The van der Waals surface area contributed by atoms with Crippen molar-refractivity contribution in [3.05, 3.63) is 164 Å². The molecule has 0 N–H and O–H groups in total. The van der Waals surface area contributed by atoms with E-state index in [1.54, 1.807) is 0 Å². The summed E-state index contributed by atoms with van der Waals surface area (Å²) < 4.78 is 9.12. The molecule has 50 heavy (non-hydrogen) atoms. The van der Waals surface area contributed by atoms with E-state index in [1.165, 1.54) is 20.2 Å². The van der Waals surface area contributed by atoms with Crippen LogP contribution in [0.2, 0.25) is 0 Å². The van der Waals surface area contributed by atoms with Crippen LogP contribution in [0, 0.1) is 0 Å². The standard InChI is InChI=1S/C45H27N3OS/c1-3-13-28(14-4-1)43-46-44(29-15-5-2-6-16-29)48-45(47-43)41-31(30-25-26-34-33-18-8-10-24-39(33)50-40(34)27-30)19-11-20-35(41)37-22-12-21-36-32-17-7-9-23-38(32)49-42(36)37/h1-27H. The number of nitrogens with zero attached hydrogens (tertiary/aromatic N) is 3. The van der Waals surface area contributed by atoms with Gasteiger partial charge in [-0.05, 0) is 34.9 Å². The highest BCUT2D eigenvalue weighted by molar-refractivity contribution is 7.25. The number of thiophene rings is 1. The fourth-order valence-electron chi connectivity index (χ4n) is 7.03. The lowest BCUT2D eigenvalue weighted by molar-refractivity contribution is 0.670. The van der Waals surface area contributed by atoms with Gasteiger partial charge in [0.05, 0.1) is 0 Å². The number of rotatable bonds is 5. The van der Waals surface area contributed by atoms with Crippen LogP contribution in [0.5, 0.6) is 0 Å². The summed E-state index contributed by atoms with van der Waals surface area (Å²) in [7, 11) is 0. The van der Waals surface area contributed by atoms with Gasteiger partial charge in [0, 0.05) is 53.2 Å². The number of aromatic nitrogens is 3. The van der Waals surface area contributed by atoms with Crippen LogP contribution >= 0.6 is 11.3 Å². The Morgan fingerprint density at radius 1 is 0.380 bits per heavy atom. The van der Waals surface area contributed by atoms with Gasteiger partial charge in [-0.1, -0.05) is 146 Å². The molecule has 0 aliphatic heterocycles. The summed E-state index contributed by atoms with van der Waals surface area (Å²) in [4.78, 5) is 15.5. The molecule has 0 aliphatic carbocycles. The second-order valence-electron chi connectivity index (χ2n) is 12.4. The lowest BCUT2D eigenvalue weighted by atomic mass is 9.90. The summed E-state index contributed by atoms with van der Waals surface area (Å²) in [5, 5.41) is 4.71. The Bertz CT molecular complexity index is 2820. The van der Waals surface area contributed by atoms with E-state index >= 15 is 0 Å². The van der Waals surface area contributed by atoms with Gasteiger partial charge in [-0.2, -0.15) is 0 Å². The van der Waals surface area contributed by atoms with Gasteiger partial charge in [0.1, 0.15) is 11.2 Å². The van der Waals surface area contributed by atoms with Crippen LogP contribution in [0.15, 0.2) is 168 Å². The summed E-state index contributed by atoms with van der Waals surface area (Å²) in [5.41, 5.74) is 8.61. The highest BCUT2D eigenvalue weighted by Gasteiger charge is 2.23. The first kappa shape index (κ1) is 28.6. The number of furan rings is 1. The summed E-state index contributed by atoms with van der Waals surface area (Å²) in [6.07, 6.45) is 0. The zero-order valence-corrected chi connectivity index (χ0v) is 27.6. The Labute approximate surface area is 292 Å². The second kappa shape index (κ2) is 11.6. The zero-order chi connectivity index (χ0) is 33.0. The molecule has 0 aliphatic rings. The number of fused-ring (bicyclic) bond motifs is 6. The van der Waals surface area contributed by atoms with Gasteiger partial charge in [-0.15, -0.1) is 11.3 Å². The van der Waals surface area contributed by atoms with Gasteiger partial charge in [0.2, 0.25) is 0 Å². The molecule has 4 nitrogen and oxygen atoms in total. The number of benzene rings is 7. The Hall–Kier alpha value is -6.43. The maximum absolute atomic E-state index is 6.60. The molecule has 0 radical (unpaired) electrons. The molecule has 3 aromatic heterocycles. The largest absolute Gasteiger partial charge is 0.455 e. The molecule has 0 saturated heterocycles. The minimum absolute atomic E-state index is 0.604. The average molecular weight is 658 g/mol. The molecular weight excluding hydrogens is 631 g/mol. The first-order chi connectivity index (χ1) is 24.8. The summed E-state index contributed by atoms with van der Waals surface area (Å²) in [5.74, 6) is 1.85. The maximum Gasteiger partial charge on any atom is 0.165 e. The van der Waals surface area contributed by atoms with E-state index in [-0.39, 0.29) is 0 Å². The van der Waals surface area contributed by atoms with Crippen molar-refractivity contribution in [1.29, 1.82) is 0 Å². The van der Waals surface area contributed by atoms with Crippen LogP contribution in [0.3, 0.4) is 0 Å². The highest BCUT2D eigenvalue weighted by atomic mass is 32.1. The second-order valence-corrected chi connectivity index (χ2v) is 13.4. The number of hydrogen-bond donors (Lipinski definition) is 0. The molecule has 0 atom stereocenters. The minimum Gasteiger partial charge on any atom is -0.455 e. The topological polar surface area (TPSA) is 51.8 Å². The van der Waals surface area contributed by atoms with Crippen LogP contribution < -0.4 is 0 Å². The monoisotopic (exact) mass is 657 g/mol. The van der Waals surface area contributed by atoms with Crippen molar-refractivity contribution in [2.75, 3.05) is 0 Å². The van der Waals surface area contributed by atoms with Crippen molar-refractivity contribution in [2.24, 2.45) is 0 Å². The van der Waals surface area contributed by atoms with Crippen LogP contribution in [-0.4, -0.2) is 15.0 Å². The number of para-hydroxylation sites is 2. The molecule has 234 valence electrons. The fraction of sp³-hybridized carbons (Fsp3) is 0. The highest BCUT2D eigenvalue weighted by Crippen LogP contribution is 2.45. The predicted octanol–water partition coefficient (Wildman–Crippen LogP) is 12.5. The quantitative estimate of drug-likeness (QED) is 0.185. The predicted molar refractivity (Wildman–Crippen MR) is 207 cm³/mol. The normalized spacial score (nSPS) is 11.6. The van der Waals surface area contributed by atoms with Gasteiger partial charge < -0.3 is 4.42 Å². The Balaban J connectivity index is 1.29. The smallest absolute Gasteiger partial charge is 0.165 e. The molecule has 0 bridgehead atoms. The van der Waals surface area contributed by atoms with Gasteiger partial charge in [0.25, 0.3) is 0 Å². The third kappa shape index (κ3) is 4.71. The van der Waals surface area contributed by atoms with E-state index in [9.17, 15) is 0 Å². The van der Waals surface area contributed by atoms with Crippen molar-refractivity contribution in [2.45, 2.75) is 0 Å². The molecule has 0 saturated carbocycles. The molecule has 0 unspecified atom stereocenters. The average Bonchev–Trinajstić information content (AvgIpc) is 3.76. The summed E-state index contributed by atoms with van der Waals surface area (Å²) >= 11 is 1.82. The van der Waals surface area contributed by atoms with Crippen LogP contribution in [0.1, 0.15) is 0 Å². The molecule has 3 heterocycles. The SMILES string of the molecule is c1ccc(-c2nc(-c3ccccc3)nc(-c3c(-c4ccc5c(c4)sc4ccccc45)cccc3-c3cccc4c3oc3ccccc34)n2)cc1.